The van der Waals surface area contributed by atoms with Crippen molar-refractivity contribution in [2.75, 3.05) is 0 Å². The van der Waals surface area contributed by atoms with Gasteiger partial charge >= 0.3 is 0 Å². The van der Waals surface area contributed by atoms with Gasteiger partial charge in [0.1, 0.15) is 0 Å². The lowest BCUT2D eigenvalue weighted by molar-refractivity contribution is 0.199. The van der Waals surface area contributed by atoms with E-state index in [0.717, 1.165) is 16.9 Å². The largest absolute Gasteiger partial charge is 0.389 e. The first-order valence-electron chi connectivity index (χ1n) is 4.82. The van der Waals surface area contributed by atoms with Crippen LogP contribution in [0.4, 0.5) is 0 Å². The molecule has 0 fully saturated rings. The molecule has 0 unspecified atom stereocenters. The summed E-state index contributed by atoms with van der Waals surface area (Å²) in [5.41, 5.74) is 1.92. The second-order valence-corrected chi connectivity index (χ2v) is 3.59. The molecule has 1 N–H and O–H groups in total. The summed E-state index contributed by atoms with van der Waals surface area (Å²) in [6, 6.07) is 3.63. The molecule has 2 aromatic rings. The third kappa shape index (κ3) is 2.05. The molecule has 0 amide bonds. The van der Waals surface area contributed by atoms with Crippen LogP contribution in [-0.2, 0) is 0 Å². The number of aliphatic hydroxyl groups excluding tert-OH is 1. The summed E-state index contributed by atoms with van der Waals surface area (Å²) >= 11 is 0. The Morgan fingerprint density at radius 3 is 2.87 bits per heavy atom. The van der Waals surface area contributed by atoms with Gasteiger partial charge in [-0.25, -0.2) is 9.67 Å². The Balaban J connectivity index is 2.41. The molecule has 0 aliphatic heterocycles. The van der Waals surface area contributed by atoms with Crippen molar-refractivity contribution in [3.05, 3.63) is 41.9 Å². The van der Waals surface area contributed by atoms with E-state index in [4.69, 9.17) is 0 Å². The highest BCUT2D eigenvalue weighted by atomic mass is 16.3. The van der Waals surface area contributed by atoms with E-state index in [-0.39, 0.29) is 0 Å². The van der Waals surface area contributed by atoms with E-state index in [2.05, 4.69) is 10.1 Å². The van der Waals surface area contributed by atoms with Crippen LogP contribution < -0.4 is 0 Å². The number of nitrogens with zero attached hydrogens (tertiary/aromatic N) is 3. The van der Waals surface area contributed by atoms with Crippen molar-refractivity contribution in [2.24, 2.45) is 0 Å². The van der Waals surface area contributed by atoms with Crippen LogP contribution >= 0.6 is 0 Å². The highest BCUT2D eigenvalue weighted by Gasteiger charge is 2.04. The van der Waals surface area contributed by atoms with E-state index in [1.807, 2.05) is 19.2 Å². The molecule has 4 nitrogen and oxygen atoms in total. The fourth-order valence-corrected chi connectivity index (χ4v) is 1.36. The number of hydrogen-bond donors (Lipinski definition) is 1. The number of aliphatic hydroxyl groups is 1. The summed E-state index contributed by atoms with van der Waals surface area (Å²) in [6.07, 6.45) is 4.86. The summed E-state index contributed by atoms with van der Waals surface area (Å²) in [5.74, 6) is 0.724. The third-order valence-electron chi connectivity index (χ3n) is 2.20. The molecule has 0 radical (unpaired) electrons. The predicted molar refractivity (Wildman–Crippen MR) is 56.7 cm³/mol. The van der Waals surface area contributed by atoms with Crippen LogP contribution in [0.25, 0.3) is 5.82 Å². The van der Waals surface area contributed by atoms with E-state index >= 15 is 0 Å². The monoisotopic (exact) mass is 203 g/mol. The fourth-order valence-electron chi connectivity index (χ4n) is 1.36. The molecule has 4 heteroatoms. The second-order valence-electron chi connectivity index (χ2n) is 3.59. The molecule has 0 saturated carbocycles. The minimum Gasteiger partial charge on any atom is -0.389 e. The van der Waals surface area contributed by atoms with Crippen molar-refractivity contribution < 1.29 is 5.11 Å². The lowest BCUT2D eigenvalue weighted by Gasteiger charge is -2.06. The van der Waals surface area contributed by atoms with Gasteiger partial charge in [0.2, 0.25) is 0 Å². The van der Waals surface area contributed by atoms with Crippen molar-refractivity contribution >= 4 is 0 Å². The Kier molecular flexibility index (Phi) is 2.51. The maximum absolute atomic E-state index is 9.44. The van der Waals surface area contributed by atoms with Crippen LogP contribution in [0.1, 0.15) is 24.2 Å². The number of pyridine rings is 1. The molecule has 0 aliphatic rings. The van der Waals surface area contributed by atoms with Gasteiger partial charge in [-0.1, -0.05) is 0 Å². The topological polar surface area (TPSA) is 50.9 Å². The minimum absolute atomic E-state index is 0.483. The van der Waals surface area contributed by atoms with Crippen molar-refractivity contribution in [1.82, 2.24) is 14.8 Å². The first-order chi connectivity index (χ1) is 7.16. The van der Waals surface area contributed by atoms with Gasteiger partial charge < -0.3 is 5.11 Å². The Morgan fingerprint density at radius 2 is 2.27 bits per heavy atom. The number of aryl methyl sites for hydroxylation is 1. The molecular formula is C11H13N3O. The van der Waals surface area contributed by atoms with Crippen LogP contribution in [0.3, 0.4) is 0 Å². The fraction of sp³-hybridized carbons (Fsp3) is 0.273. The van der Waals surface area contributed by atoms with Gasteiger partial charge in [0.15, 0.2) is 5.82 Å². The van der Waals surface area contributed by atoms with Gasteiger partial charge in [0.05, 0.1) is 12.3 Å². The van der Waals surface area contributed by atoms with E-state index in [0.29, 0.717) is 0 Å². The van der Waals surface area contributed by atoms with E-state index in [9.17, 15) is 5.11 Å². The summed E-state index contributed by atoms with van der Waals surface area (Å²) in [6.45, 7) is 3.70. The number of aromatic nitrogens is 3. The average molecular weight is 203 g/mol. The quantitative estimate of drug-likeness (QED) is 0.807. The van der Waals surface area contributed by atoms with Gasteiger partial charge in [-0.2, -0.15) is 5.10 Å². The molecule has 2 rings (SSSR count). The maximum Gasteiger partial charge on any atom is 0.153 e. The SMILES string of the molecule is Cc1cnn(-c2cc([C@@H](C)O)ccn2)c1. The maximum atomic E-state index is 9.44. The van der Waals surface area contributed by atoms with Crippen LogP contribution in [-0.4, -0.2) is 19.9 Å². The molecule has 2 aromatic heterocycles. The molecule has 0 saturated heterocycles. The zero-order valence-corrected chi connectivity index (χ0v) is 8.75. The van der Waals surface area contributed by atoms with Crippen LogP contribution in [0, 0.1) is 6.92 Å². The lowest BCUT2D eigenvalue weighted by Crippen LogP contribution is -2.00. The minimum atomic E-state index is -0.483. The van der Waals surface area contributed by atoms with Crippen LogP contribution in [0.5, 0.6) is 0 Å². The Hall–Kier alpha value is -1.68. The highest BCUT2D eigenvalue weighted by Crippen LogP contribution is 2.14. The standard InChI is InChI=1S/C11H13N3O/c1-8-6-13-14(7-8)11-5-10(9(2)15)3-4-12-11/h3-7,9,15H,1-2H3/t9-/m1/s1. The van der Waals surface area contributed by atoms with Crippen molar-refractivity contribution in [1.29, 1.82) is 0 Å². The zero-order valence-electron chi connectivity index (χ0n) is 8.75. The summed E-state index contributed by atoms with van der Waals surface area (Å²) in [5, 5.41) is 13.6. The molecule has 1 atom stereocenters. The van der Waals surface area contributed by atoms with E-state index in [1.54, 1.807) is 30.1 Å². The average Bonchev–Trinajstić information content (AvgIpc) is 2.65. The Labute approximate surface area is 88.2 Å². The molecule has 78 valence electrons. The van der Waals surface area contributed by atoms with E-state index in [1.165, 1.54) is 0 Å². The third-order valence-corrected chi connectivity index (χ3v) is 2.20. The molecule has 2 heterocycles. The number of hydrogen-bond acceptors (Lipinski definition) is 3. The highest BCUT2D eigenvalue weighted by molar-refractivity contribution is 5.28. The van der Waals surface area contributed by atoms with Gasteiger partial charge in [-0.05, 0) is 37.1 Å². The molecular weight excluding hydrogens is 190 g/mol. The van der Waals surface area contributed by atoms with Crippen LogP contribution in [0.15, 0.2) is 30.7 Å². The predicted octanol–water partition coefficient (Wildman–Crippen LogP) is 1.63. The summed E-state index contributed by atoms with van der Waals surface area (Å²) in [4.78, 5) is 4.19. The smallest absolute Gasteiger partial charge is 0.153 e. The van der Waals surface area contributed by atoms with Gasteiger partial charge in [-0.3, -0.25) is 0 Å². The first kappa shape index (κ1) is 9.86. The van der Waals surface area contributed by atoms with E-state index < -0.39 is 6.10 Å². The summed E-state index contributed by atoms with van der Waals surface area (Å²) < 4.78 is 1.70. The lowest BCUT2D eigenvalue weighted by atomic mass is 10.2. The Bertz CT molecular complexity index is 462. The molecule has 0 spiro atoms. The van der Waals surface area contributed by atoms with Gasteiger partial charge in [0, 0.05) is 12.4 Å². The molecule has 0 bridgehead atoms. The normalized spacial score (nSPS) is 12.7. The van der Waals surface area contributed by atoms with Crippen molar-refractivity contribution in [3.8, 4) is 5.82 Å². The van der Waals surface area contributed by atoms with Crippen molar-refractivity contribution in [3.63, 3.8) is 0 Å². The number of rotatable bonds is 2. The van der Waals surface area contributed by atoms with Crippen LogP contribution in [0.2, 0.25) is 0 Å². The molecule has 0 aliphatic carbocycles. The second kappa shape index (κ2) is 3.82. The first-order valence-corrected chi connectivity index (χ1v) is 4.82. The van der Waals surface area contributed by atoms with Gasteiger partial charge in [0.25, 0.3) is 0 Å². The zero-order chi connectivity index (χ0) is 10.8. The molecule has 15 heavy (non-hydrogen) atoms. The molecule has 0 aromatic carbocycles. The Morgan fingerprint density at radius 1 is 1.47 bits per heavy atom. The summed E-state index contributed by atoms with van der Waals surface area (Å²) in [7, 11) is 0. The van der Waals surface area contributed by atoms with Gasteiger partial charge in [-0.15, -0.1) is 0 Å². The van der Waals surface area contributed by atoms with Crippen molar-refractivity contribution in [2.45, 2.75) is 20.0 Å².